The van der Waals surface area contributed by atoms with Gasteiger partial charge in [-0.15, -0.1) is 0 Å². The van der Waals surface area contributed by atoms with Crippen LogP contribution < -0.4 is 10.1 Å². The molecule has 18 heavy (non-hydrogen) atoms. The van der Waals surface area contributed by atoms with Gasteiger partial charge >= 0.3 is 0 Å². The minimum absolute atomic E-state index is 0.150. The summed E-state index contributed by atoms with van der Waals surface area (Å²) >= 11 is 0. The van der Waals surface area contributed by atoms with E-state index in [2.05, 4.69) is 5.32 Å². The summed E-state index contributed by atoms with van der Waals surface area (Å²) in [6, 6.07) is 3.49. The second-order valence-corrected chi connectivity index (χ2v) is 4.57. The zero-order valence-electron chi connectivity index (χ0n) is 10.6. The fraction of sp³-hybridized carbons (Fsp3) is 0.538. The molecule has 3 nitrogen and oxygen atoms in total. The standard InChI is InChI=1S/C13H19F2NO2/c1-9(2)6-16-7-10(17)8-18-13-11(14)4-3-5-12(13)15/h3-5,9-10,16-17H,6-8H2,1-2H3. The topological polar surface area (TPSA) is 41.5 Å². The first kappa shape index (κ1) is 14.9. The lowest BCUT2D eigenvalue weighted by Crippen LogP contribution is -2.33. The van der Waals surface area contributed by atoms with Gasteiger partial charge in [0.15, 0.2) is 17.4 Å². The Morgan fingerprint density at radius 1 is 1.22 bits per heavy atom. The molecule has 2 N–H and O–H groups in total. The van der Waals surface area contributed by atoms with Crippen LogP contribution in [-0.2, 0) is 0 Å². The molecule has 5 heteroatoms. The minimum Gasteiger partial charge on any atom is -0.485 e. The molecule has 0 heterocycles. The number of hydrogen-bond donors (Lipinski definition) is 2. The third-order valence-corrected chi connectivity index (χ3v) is 2.27. The summed E-state index contributed by atoms with van der Waals surface area (Å²) in [5.41, 5.74) is 0. The van der Waals surface area contributed by atoms with Gasteiger partial charge in [0, 0.05) is 6.54 Å². The van der Waals surface area contributed by atoms with Crippen molar-refractivity contribution in [2.45, 2.75) is 20.0 Å². The van der Waals surface area contributed by atoms with Gasteiger partial charge in [-0.3, -0.25) is 0 Å². The van der Waals surface area contributed by atoms with Crippen LogP contribution in [0.5, 0.6) is 5.75 Å². The molecule has 0 saturated carbocycles. The molecule has 0 fully saturated rings. The zero-order valence-corrected chi connectivity index (χ0v) is 10.6. The van der Waals surface area contributed by atoms with E-state index >= 15 is 0 Å². The van der Waals surface area contributed by atoms with Crippen molar-refractivity contribution in [3.63, 3.8) is 0 Å². The van der Waals surface area contributed by atoms with Gasteiger partial charge in [0.25, 0.3) is 0 Å². The summed E-state index contributed by atoms with van der Waals surface area (Å²) in [6.07, 6.45) is -0.803. The van der Waals surface area contributed by atoms with Gasteiger partial charge in [-0.2, -0.15) is 0 Å². The molecule has 1 rings (SSSR count). The first-order valence-electron chi connectivity index (χ1n) is 5.96. The summed E-state index contributed by atoms with van der Waals surface area (Å²) in [5.74, 6) is -1.50. The van der Waals surface area contributed by atoms with E-state index in [0.29, 0.717) is 12.5 Å². The molecule has 0 radical (unpaired) electrons. The number of hydrogen-bond acceptors (Lipinski definition) is 3. The lowest BCUT2D eigenvalue weighted by atomic mass is 10.2. The second-order valence-electron chi connectivity index (χ2n) is 4.57. The van der Waals surface area contributed by atoms with E-state index in [9.17, 15) is 13.9 Å². The maximum absolute atomic E-state index is 13.2. The van der Waals surface area contributed by atoms with Gasteiger partial charge in [0.2, 0.25) is 0 Å². The molecule has 0 aromatic heterocycles. The van der Waals surface area contributed by atoms with Crippen molar-refractivity contribution in [2.75, 3.05) is 19.7 Å². The van der Waals surface area contributed by atoms with Crippen LogP contribution in [0.2, 0.25) is 0 Å². The maximum Gasteiger partial charge on any atom is 0.190 e. The molecule has 1 aromatic carbocycles. The van der Waals surface area contributed by atoms with Crippen LogP contribution in [0.3, 0.4) is 0 Å². The maximum atomic E-state index is 13.2. The van der Waals surface area contributed by atoms with Crippen molar-refractivity contribution >= 4 is 0 Å². The van der Waals surface area contributed by atoms with Crippen LogP contribution in [0.15, 0.2) is 18.2 Å². The lowest BCUT2D eigenvalue weighted by molar-refractivity contribution is 0.101. The molecule has 0 saturated heterocycles. The van der Waals surface area contributed by atoms with E-state index in [1.165, 1.54) is 6.07 Å². The summed E-state index contributed by atoms with van der Waals surface area (Å²) in [4.78, 5) is 0. The van der Waals surface area contributed by atoms with Gasteiger partial charge in [0.05, 0.1) is 0 Å². The molecule has 102 valence electrons. The van der Waals surface area contributed by atoms with Crippen LogP contribution in [0.4, 0.5) is 8.78 Å². The highest BCUT2D eigenvalue weighted by atomic mass is 19.1. The third-order valence-electron chi connectivity index (χ3n) is 2.27. The van der Waals surface area contributed by atoms with Crippen LogP contribution >= 0.6 is 0 Å². The summed E-state index contributed by atoms with van der Waals surface area (Å²) in [5, 5.41) is 12.6. The average Bonchev–Trinajstić information content (AvgIpc) is 2.27. The van der Waals surface area contributed by atoms with Crippen molar-refractivity contribution in [3.05, 3.63) is 29.8 Å². The highest BCUT2D eigenvalue weighted by Crippen LogP contribution is 2.20. The van der Waals surface area contributed by atoms with Crippen molar-refractivity contribution in [3.8, 4) is 5.75 Å². The normalized spacial score (nSPS) is 12.8. The Kier molecular flexibility index (Phi) is 6.01. The van der Waals surface area contributed by atoms with E-state index in [-0.39, 0.29) is 6.61 Å². The molecule has 0 aliphatic rings. The van der Waals surface area contributed by atoms with Crippen molar-refractivity contribution in [1.29, 1.82) is 0 Å². The summed E-state index contributed by atoms with van der Waals surface area (Å²) in [7, 11) is 0. The summed E-state index contributed by atoms with van der Waals surface area (Å²) < 4.78 is 31.3. The van der Waals surface area contributed by atoms with Gasteiger partial charge in [-0.05, 0) is 24.6 Å². The van der Waals surface area contributed by atoms with Crippen molar-refractivity contribution in [1.82, 2.24) is 5.32 Å². The number of aliphatic hydroxyl groups excluding tert-OH is 1. The Morgan fingerprint density at radius 3 is 2.39 bits per heavy atom. The highest BCUT2D eigenvalue weighted by Gasteiger charge is 2.12. The quantitative estimate of drug-likeness (QED) is 0.786. The molecule has 0 bridgehead atoms. The number of aliphatic hydroxyl groups is 1. The molecular formula is C13H19F2NO2. The SMILES string of the molecule is CC(C)CNCC(O)COc1c(F)cccc1F. The van der Waals surface area contributed by atoms with E-state index in [1.54, 1.807) is 0 Å². The smallest absolute Gasteiger partial charge is 0.190 e. The van der Waals surface area contributed by atoms with Crippen molar-refractivity contribution < 1.29 is 18.6 Å². The van der Waals surface area contributed by atoms with E-state index < -0.39 is 23.5 Å². The van der Waals surface area contributed by atoms with Crippen LogP contribution in [-0.4, -0.2) is 30.9 Å². The third kappa shape index (κ3) is 4.98. The first-order chi connectivity index (χ1) is 8.50. The number of benzene rings is 1. The zero-order chi connectivity index (χ0) is 13.5. The predicted molar refractivity (Wildman–Crippen MR) is 65.6 cm³/mol. The molecule has 0 aliphatic carbocycles. The molecule has 1 aromatic rings. The second kappa shape index (κ2) is 7.28. The largest absolute Gasteiger partial charge is 0.485 e. The van der Waals surface area contributed by atoms with Gasteiger partial charge in [-0.1, -0.05) is 19.9 Å². The lowest BCUT2D eigenvalue weighted by Gasteiger charge is -2.14. The van der Waals surface area contributed by atoms with Crippen LogP contribution in [0.25, 0.3) is 0 Å². The van der Waals surface area contributed by atoms with Gasteiger partial charge < -0.3 is 15.2 Å². The molecule has 1 unspecified atom stereocenters. The number of nitrogens with one attached hydrogen (secondary N) is 1. The van der Waals surface area contributed by atoms with E-state index in [1.807, 2.05) is 13.8 Å². The Hall–Kier alpha value is -1.20. The monoisotopic (exact) mass is 259 g/mol. The fourth-order valence-corrected chi connectivity index (χ4v) is 1.40. The predicted octanol–water partition coefficient (Wildman–Crippen LogP) is 1.95. The van der Waals surface area contributed by atoms with Crippen LogP contribution in [0.1, 0.15) is 13.8 Å². The highest BCUT2D eigenvalue weighted by molar-refractivity contribution is 5.25. The molecule has 0 spiro atoms. The number of ether oxygens (including phenoxy) is 1. The number of para-hydroxylation sites is 1. The van der Waals surface area contributed by atoms with E-state index in [0.717, 1.165) is 18.7 Å². The molecule has 0 amide bonds. The molecule has 0 aliphatic heterocycles. The minimum atomic E-state index is -0.803. The van der Waals surface area contributed by atoms with Crippen molar-refractivity contribution in [2.24, 2.45) is 5.92 Å². The Morgan fingerprint density at radius 2 is 1.83 bits per heavy atom. The van der Waals surface area contributed by atoms with E-state index in [4.69, 9.17) is 4.74 Å². The molecule has 1 atom stereocenters. The Bertz CT molecular complexity index is 352. The summed E-state index contributed by atoms with van der Waals surface area (Å²) in [6.45, 7) is 5.04. The number of halogens is 2. The number of rotatable bonds is 7. The first-order valence-corrected chi connectivity index (χ1v) is 5.96. The Balaban J connectivity index is 2.36. The Labute approximate surface area is 106 Å². The average molecular weight is 259 g/mol. The van der Waals surface area contributed by atoms with Gasteiger partial charge in [0.1, 0.15) is 12.7 Å². The molecular weight excluding hydrogens is 240 g/mol. The van der Waals surface area contributed by atoms with Crippen LogP contribution in [0, 0.1) is 17.6 Å². The fourth-order valence-electron chi connectivity index (χ4n) is 1.40. The van der Waals surface area contributed by atoms with Gasteiger partial charge in [-0.25, -0.2) is 8.78 Å².